The van der Waals surface area contributed by atoms with Crippen molar-refractivity contribution in [1.82, 2.24) is 20.0 Å². The van der Waals surface area contributed by atoms with Crippen molar-refractivity contribution in [3.05, 3.63) is 43.8 Å². The molecule has 2 aromatic rings. The van der Waals surface area contributed by atoms with Crippen molar-refractivity contribution in [2.75, 3.05) is 39.3 Å². The standard InChI is InChI=1S/C21H30N2O2S.C19H28N2OS/c1-15(24)22-11-8-17(9-12-22)20-13-18(14-26-20)21(25)23-10-4-6-16-5-2-3-7-19(16)23;22-19(21-11-3-5-14-4-1-2-6-17(14)21)16-12-18(23-13-16)15-7-9-20-10-8-15/h13-14,16-17,19H,2-12H2,1H3;12-15,17,20H,1-11H2. The van der Waals surface area contributed by atoms with Gasteiger partial charge in [0.05, 0.1) is 11.1 Å². The van der Waals surface area contributed by atoms with E-state index in [-0.39, 0.29) is 11.8 Å². The number of piperidine rings is 4. The summed E-state index contributed by atoms with van der Waals surface area (Å²) in [6.45, 7) is 7.47. The Hall–Kier alpha value is -2.23. The fourth-order valence-corrected chi connectivity index (χ4v) is 12.1. The van der Waals surface area contributed by atoms with Crippen LogP contribution >= 0.6 is 22.7 Å². The van der Waals surface area contributed by atoms with Crippen molar-refractivity contribution in [3.63, 3.8) is 0 Å². The first kappa shape index (κ1) is 35.2. The zero-order valence-corrected chi connectivity index (χ0v) is 31.3. The molecule has 6 aliphatic rings. The molecule has 8 rings (SSSR count). The van der Waals surface area contributed by atoms with E-state index in [2.05, 4.69) is 38.0 Å². The maximum atomic E-state index is 13.2. The number of likely N-dealkylation sites (tertiary alicyclic amines) is 3. The molecule has 9 heteroatoms. The fraction of sp³-hybridized carbons (Fsp3) is 0.725. The van der Waals surface area contributed by atoms with Crippen molar-refractivity contribution in [2.24, 2.45) is 11.8 Å². The molecule has 3 amide bonds. The van der Waals surface area contributed by atoms with Gasteiger partial charge in [-0.2, -0.15) is 0 Å². The summed E-state index contributed by atoms with van der Waals surface area (Å²) < 4.78 is 0. The Morgan fingerprint density at radius 1 is 0.592 bits per heavy atom. The highest BCUT2D eigenvalue weighted by Gasteiger charge is 2.38. The van der Waals surface area contributed by atoms with E-state index in [9.17, 15) is 14.4 Å². The number of amides is 3. The van der Waals surface area contributed by atoms with E-state index in [1.165, 1.54) is 93.2 Å². The van der Waals surface area contributed by atoms with Crippen LogP contribution in [0.5, 0.6) is 0 Å². The van der Waals surface area contributed by atoms with Crippen LogP contribution in [0.2, 0.25) is 0 Å². The minimum atomic E-state index is 0.178. The van der Waals surface area contributed by atoms with Gasteiger partial charge in [-0.3, -0.25) is 14.4 Å². The zero-order valence-electron chi connectivity index (χ0n) is 29.7. The SMILES string of the molecule is CC(=O)N1CCC(c2cc(C(=O)N3CCCC4CCCCC43)cs2)CC1.O=C(c1csc(C2CCNCC2)c1)N1CCCC2CCCCC21. The van der Waals surface area contributed by atoms with Crippen LogP contribution in [0.4, 0.5) is 0 Å². The molecule has 0 spiro atoms. The molecule has 2 saturated carbocycles. The van der Waals surface area contributed by atoms with Crippen molar-refractivity contribution >= 4 is 40.4 Å². The van der Waals surface area contributed by atoms with Gasteiger partial charge in [0.1, 0.15) is 0 Å². The Morgan fingerprint density at radius 3 is 1.53 bits per heavy atom. The summed E-state index contributed by atoms with van der Waals surface area (Å²) in [6, 6.07) is 5.35. The number of fused-ring (bicyclic) bond motifs is 2. The molecule has 2 aromatic heterocycles. The summed E-state index contributed by atoms with van der Waals surface area (Å²) in [5.41, 5.74) is 1.85. The number of hydrogen-bond acceptors (Lipinski definition) is 6. The van der Waals surface area contributed by atoms with Gasteiger partial charge in [0.15, 0.2) is 0 Å². The average Bonchev–Trinajstić information content (AvgIpc) is 3.86. The molecular formula is C40H58N4O3S2. The predicted molar refractivity (Wildman–Crippen MR) is 200 cm³/mol. The molecule has 4 aliphatic heterocycles. The Morgan fingerprint density at radius 2 is 1.04 bits per heavy atom. The van der Waals surface area contributed by atoms with Crippen molar-refractivity contribution < 1.29 is 14.4 Å². The topological polar surface area (TPSA) is 73.0 Å². The van der Waals surface area contributed by atoms with E-state index in [1.54, 1.807) is 29.6 Å². The van der Waals surface area contributed by atoms with Crippen LogP contribution < -0.4 is 5.32 Å². The molecule has 49 heavy (non-hydrogen) atoms. The largest absolute Gasteiger partial charge is 0.343 e. The molecular weight excluding hydrogens is 649 g/mol. The number of nitrogens with zero attached hydrogens (tertiary/aromatic N) is 3. The van der Waals surface area contributed by atoms with Gasteiger partial charge in [-0.1, -0.05) is 25.7 Å². The van der Waals surface area contributed by atoms with Gasteiger partial charge in [0, 0.05) is 65.7 Å². The summed E-state index contributed by atoms with van der Waals surface area (Å²) in [7, 11) is 0. The third-order valence-electron chi connectivity index (χ3n) is 12.8. The van der Waals surface area contributed by atoms with Gasteiger partial charge in [-0.05, 0) is 126 Å². The van der Waals surface area contributed by atoms with Gasteiger partial charge in [-0.25, -0.2) is 0 Å². The van der Waals surface area contributed by atoms with Crippen LogP contribution in [-0.4, -0.2) is 83.8 Å². The fourth-order valence-electron chi connectivity index (χ4n) is 10.0. The lowest BCUT2D eigenvalue weighted by Crippen LogP contribution is -2.49. The monoisotopic (exact) mass is 706 g/mol. The number of rotatable bonds is 4. The second kappa shape index (κ2) is 16.4. The minimum Gasteiger partial charge on any atom is -0.343 e. The Bertz CT molecular complexity index is 1420. The highest BCUT2D eigenvalue weighted by atomic mass is 32.1. The second-order valence-corrected chi connectivity index (χ2v) is 17.7. The van der Waals surface area contributed by atoms with Gasteiger partial charge < -0.3 is 20.0 Å². The second-order valence-electron chi connectivity index (χ2n) is 15.8. The van der Waals surface area contributed by atoms with Crippen LogP contribution in [-0.2, 0) is 4.79 Å². The summed E-state index contributed by atoms with van der Waals surface area (Å²) in [6.07, 6.45) is 19.8. The molecule has 4 atom stereocenters. The maximum absolute atomic E-state index is 13.2. The van der Waals surface area contributed by atoms with E-state index in [4.69, 9.17) is 0 Å². The highest BCUT2D eigenvalue weighted by molar-refractivity contribution is 7.10. The van der Waals surface area contributed by atoms with E-state index in [0.717, 1.165) is 81.5 Å². The Balaban J connectivity index is 0.000000155. The molecule has 6 heterocycles. The van der Waals surface area contributed by atoms with Crippen molar-refractivity contribution in [3.8, 4) is 0 Å². The van der Waals surface area contributed by atoms with Gasteiger partial charge >= 0.3 is 0 Å². The predicted octanol–water partition coefficient (Wildman–Crippen LogP) is 8.28. The number of carbonyl (C=O) groups is 3. The highest BCUT2D eigenvalue weighted by Crippen LogP contribution is 2.39. The van der Waals surface area contributed by atoms with Gasteiger partial charge in [0.25, 0.3) is 11.8 Å². The lowest BCUT2D eigenvalue weighted by molar-refractivity contribution is -0.129. The van der Waals surface area contributed by atoms with Crippen LogP contribution in [0.3, 0.4) is 0 Å². The van der Waals surface area contributed by atoms with Crippen molar-refractivity contribution in [1.29, 1.82) is 0 Å². The summed E-state index contributed by atoms with van der Waals surface area (Å²) in [5, 5.41) is 7.61. The summed E-state index contributed by atoms with van der Waals surface area (Å²) >= 11 is 3.54. The summed E-state index contributed by atoms with van der Waals surface area (Å²) in [4.78, 5) is 46.9. The zero-order chi connectivity index (χ0) is 33.7. The van der Waals surface area contributed by atoms with E-state index >= 15 is 0 Å². The first-order valence-corrected chi connectivity index (χ1v) is 21.5. The van der Waals surface area contributed by atoms with Crippen LogP contribution in [0.15, 0.2) is 22.9 Å². The van der Waals surface area contributed by atoms with E-state index < -0.39 is 0 Å². The smallest absolute Gasteiger partial charge is 0.254 e. The maximum Gasteiger partial charge on any atom is 0.254 e. The number of nitrogens with one attached hydrogen (secondary N) is 1. The molecule has 0 radical (unpaired) electrons. The number of carbonyl (C=O) groups excluding carboxylic acids is 3. The third kappa shape index (κ3) is 8.14. The molecule has 1 N–H and O–H groups in total. The number of thiophene rings is 2. The molecule has 4 unspecified atom stereocenters. The summed E-state index contributed by atoms with van der Waals surface area (Å²) in [5.74, 6) is 3.40. The first-order chi connectivity index (χ1) is 24.0. The number of hydrogen-bond donors (Lipinski definition) is 1. The Kier molecular flexibility index (Phi) is 11.8. The average molecular weight is 707 g/mol. The van der Waals surface area contributed by atoms with Crippen molar-refractivity contribution in [2.45, 2.75) is 134 Å². The van der Waals surface area contributed by atoms with Crippen LogP contribution in [0.25, 0.3) is 0 Å². The molecule has 0 aromatic carbocycles. The lowest BCUT2D eigenvalue weighted by atomic mass is 9.78. The quantitative estimate of drug-likeness (QED) is 0.348. The lowest BCUT2D eigenvalue weighted by Gasteiger charge is -2.44. The van der Waals surface area contributed by atoms with E-state index in [1.807, 2.05) is 4.90 Å². The van der Waals surface area contributed by atoms with Gasteiger partial charge in [0.2, 0.25) is 5.91 Å². The minimum absolute atomic E-state index is 0.178. The van der Waals surface area contributed by atoms with Crippen LogP contribution in [0, 0.1) is 11.8 Å². The molecule has 268 valence electrons. The van der Waals surface area contributed by atoms with Gasteiger partial charge in [-0.15, -0.1) is 22.7 Å². The third-order valence-corrected chi connectivity index (χ3v) is 15.0. The van der Waals surface area contributed by atoms with Crippen LogP contribution in [0.1, 0.15) is 152 Å². The molecule has 7 nitrogen and oxygen atoms in total. The Labute approximate surface area is 302 Å². The molecule has 0 bridgehead atoms. The molecule has 2 aliphatic carbocycles. The first-order valence-electron chi connectivity index (χ1n) is 19.7. The molecule has 4 saturated heterocycles. The molecule has 6 fully saturated rings. The normalized spacial score (nSPS) is 28.2. The van der Waals surface area contributed by atoms with E-state index in [0.29, 0.717) is 29.8 Å².